The summed E-state index contributed by atoms with van der Waals surface area (Å²) in [5.74, 6) is -0.0453. The quantitative estimate of drug-likeness (QED) is 0.289. The van der Waals surface area contributed by atoms with Crippen molar-refractivity contribution < 1.29 is 32.2 Å². The van der Waals surface area contributed by atoms with Gasteiger partial charge in [-0.3, -0.25) is 4.90 Å². The van der Waals surface area contributed by atoms with Gasteiger partial charge in [-0.05, 0) is 49.1 Å². The number of halogens is 3. The summed E-state index contributed by atoms with van der Waals surface area (Å²) in [5, 5.41) is 11.8. The summed E-state index contributed by atoms with van der Waals surface area (Å²) in [7, 11) is 0. The molecule has 11 heteroatoms. The van der Waals surface area contributed by atoms with Crippen LogP contribution in [0.2, 0.25) is 0 Å². The summed E-state index contributed by atoms with van der Waals surface area (Å²) >= 11 is 1.26. The molecule has 0 saturated carbocycles. The number of hydrogen-bond donors (Lipinski definition) is 1. The molecule has 1 N–H and O–H groups in total. The van der Waals surface area contributed by atoms with Gasteiger partial charge < -0.3 is 14.8 Å². The second kappa shape index (κ2) is 10.6. The fraction of sp³-hybridized carbons (Fsp3) is 0.208. The number of amides is 2. The van der Waals surface area contributed by atoms with E-state index in [0.29, 0.717) is 16.0 Å². The Balaban J connectivity index is 2.23. The van der Waals surface area contributed by atoms with Crippen LogP contribution in [0.3, 0.4) is 0 Å². The zero-order valence-corrected chi connectivity index (χ0v) is 19.5. The second-order valence-corrected chi connectivity index (χ2v) is 8.11. The Hall–Kier alpha value is -3.91. The third-order valence-electron chi connectivity index (χ3n) is 5.01. The van der Waals surface area contributed by atoms with Crippen molar-refractivity contribution in [3.63, 3.8) is 0 Å². The predicted molar refractivity (Wildman–Crippen MR) is 123 cm³/mol. The van der Waals surface area contributed by atoms with Crippen molar-refractivity contribution in [2.24, 2.45) is 0 Å². The number of anilines is 1. The highest BCUT2D eigenvalue weighted by molar-refractivity contribution is 7.98. The van der Waals surface area contributed by atoms with Crippen molar-refractivity contribution in [2.75, 3.05) is 17.8 Å². The first kappa shape index (κ1) is 25.7. The van der Waals surface area contributed by atoms with E-state index in [-0.39, 0.29) is 23.8 Å². The fourth-order valence-corrected chi connectivity index (χ4v) is 4.15. The second-order valence-electron chi connectivity index (χ2n) is 7.26. The maximum absolute atomic E-state index is 13.4. The number of nitriles is 1. The van der Waals surface area contributed by atoms with Crippen molar-refractivity contribution >= 4 is 29.6 Å². The molecule has 0 aliphatic carbocycles. The van der Waals surface area contributed by atoms with Crippen LogP contribution in [0.5, 0.6) is 0 Å². The number of ether oxygens (including phenoxy) is 2. The lowest BCUT2D eigenvalue weighted by atomic mass is 9.98. The zero-order chi connectivity index (χ0) is 25.8. The Morgan fingerprint density at radius 3 is 2.69 bits per heavy atom. The first-order chi connectivity index (χ1) is 16.6. The molecule has 0 saturated heterocycles. The van der Waals surface area contributed by atoms with E-state index in [1.54, 1.807) is 18.4 Å². The molecule has 2 aromatic rings. The summed E-state index contributed by atoms with van der Waals surface area (Å²) in [4.78, 5) is 27.1. The third-order valence-corrected chi connectivity index (χ3v) is 5.80. The number of benzene rings is 2. The fourth-order valence-electron chi connectivity index (χ4n) is 3.49. The number of thioether (sulfide) groups is 1. The summed E-state index contributed by atoms with van der Waals surface area (Å²) in [6.07, 6.45) is -2.64. The number of carbonyl (C=O) groups is 2. The highest BCUT2D eigenvalue weighted by Gasteiger charge is 2.40. The Morgan fingerprint density at radius 2 is 2.06 bits per heavy atom. The van der Waals surface area contributed by atoms with Crippen molar-refractivity contribution in [3.8, 4) is 6.07 Å². The molecule has 1 aliphatic rings. The first-order valence-electron chi connectivity index (χ1n) is 10.1. The average molecular weight is 504 g/mol. The zero-order valence-electron chi connectivity index (χ0n) is 18.7. The Kier molecular flexibility index (Phi) is 7.76. The monoisotopic (exact) mass is 503 g/mol. The van der Waals surface area contributed by atoms with Gasteiger partial charge in [-0.1, -0.05) is 24.8 Å². The van der Waals surface area contributed by atoms with Gasteiger partial charge in [0.2, 0.25) is 0 Å². The standard InChI is InChI=1S/C24H20F3N3O4S/c1-4-10-33-23(32)34-21-14(2)29-22(31)30(17-7-5-6-16(12-17)24(25,26)27)20(21)18-9-8-15(13-28)11-19(18)35-3/h4-9,11-12,20H,1,10H2,2-3H3,(H,29,31). The van der Waals surface area contributed by atoms with Crippen molar-refractivity contribution in [1.29, 1.82) is 5.26 Å². The molecule has 0 bridgehead atoms. The number of urea groups is 1. The maximum atomic E-state index is 13.4. The van der Waals surface area contributed by atoms with Crippen LogP contribution in [0.25, 0.3) is 0 Å². The smallest absolute Gasteiger partial charge is 0.430 e. The van der Waals surface area contributed by atoms with Gasteiger partial charge in [-0.25, -0.2) is 9.59 Å². The minimum atomic E-state index is -4.64. The van der Waals surface area contributed by atoms with Gasteiger partial charge in [0.25, 0.3) is 0 Å². The molecule has 35 heavy (non-hydrogen) atoms. The lowest BCUT2D eigenvalue weighted by molar-refractivity contribution is -0.137. The molecule has 0 fully saturated rings. The molecule has 1 heterocycles. The number of alkyl halides is 3. The van der Waals surface area contributed by atoms with Crippen molar-refractivity contribution in [1.82, 2.24) is 5.32 Å². The number of nitrogens with one attached hydrogen (secondary N) is 1. The number of hydrogen-bond acceptors (Lipinski definition) is 6. The van der Waals surface area contributed by atoms with Crippen LogP contribution in [0.4, 0.5) is 28.4 Å². The molecule has 3 rings (SSSR count). The Labute approximate surface area is 203 Å². The van der Waals surface area contributed by atoms with Crippen LogP contribution in [0.15, 0.2) is 71.5 Å². The number of carbonyl (C=O) groups excluding carboxylic acids is 2. The van der Waals surface area contributed by atoms with Crippen molar-refractivity contribution in [3.05, 3.63) is 83.3 Å². The van der Waals surface area contributed by atoms with Gasteiger partial charge >= 0.3 is 18.4 Å². The molecule has 1 atom stereocenters. The van der Waals surface area contributed by atoms with E-state index < -0.39 is 30.0 Å². The lowest BCUT2D eigenvalue weighted by Crippen LogP contribution is -2.48. The SMILES string of the molecule is C=CCOC(=O)OC1=C(C)NC(=O)N(c2cccc(C(F)(F)F)c2)C1c1ccc(C#N)cc1SC. The molecule has 182 valence electrons. The van der Waals surface area contributed by atoms with E-state index >= 15 is 0 Å². The minimum absolute atomic E-state index is 0.0453. The largest absolute Gasteiger partial charge is 0.513 e. The average Bonchev–Trinajstić information content (AvgIpc) is 2.83. The molecule has 1 unspecified atom stereocenters. The molecule has 2 amide bonds. The van der Waals surface area contributed by atoms with Gasteiger partial charge in [-0.15, -0.1) is 11.8 Å². The van der Waals surface area contributed by atoms with Crippen LogP contribution in [-0.4, -0.2) is 25.0 Å². The van der Waals surface area contributed by atoms with Crippen LogP contribution in [0.1, 0.15) is 29.7 Å². The van der Waals surface area contributed by atoms with Crippen LogP contribution in [0, 0.1) is 11.3 Å². The van der Waals surface area contributed by atoms with E-state index in [1.165, 1.54) is 43.0 Å². The number of nitrogens with zero attached hydrogens (tertiary/aromatic N) is 2. The molecule has 7 nitrogen and oxygen atoms in total. The normalized spacial score (nSPS) is 15.8. The van der Waals surface area contributed by atoms with E-state index in [4.69, 9.17) is 9.47 Å². The maximum Gasteiger partial charge on any atom is 0.513 e. The number of allylic oxidation sites excluding steroid dienone is 1. The lowest BCUT2D eigenvalue weighted by Gasteiger charge is -2.38. The van der Waals surface area contributed by atoms with Gasteiger partial charge in [-0.2, -0.15) is 18.4 Å². The predicted octanol–water partition coefficient (Wildman–Crippen LogP) is 6.14. The van der Waals surface area contributed by atoms with E-state index in [9.17, 15) is 28.0 Å². The molecule has 1 aliphatic heterocycles. The molecular formula is C24H20F3N3O4S. The van der Waals surface area contributed by atoms with Crippen LogP contribution in [-0.2, 0) is 15.7 Å². The third kappa shape index (κ3) is 5.60. The topological polar surface area (TPSA) is 91.7 Å². The van der Waals surface area contributed by atoms with E-state index in [2.05, 4.69) is 11.9 Å². The Bertz CT molecular complexity index is 1240. The highest BCUT2D eigenvalue weighted by Crippen LogP contribution is 2.42. The summed E-state index contributed by atoms with van der Waals surface area (Å²) in [6.45, 7) is 4.82. The van der Waals surface area contributed by atoms with Gasteiger partial charge in [0, 0.05) is 10.6 Å². The molecule has 0 spiro atoms. The van der Waals surface area contributed by atoms with E-state index in [1.807, 2.05) is 6.07 Å². The first-order valence-corrected chi connectivity index (χ1v) is 11.3. The molecule has 2 aromatic carbocycles. The van der Waals surface area contributed by atoms with Gasteiger partial charge in [0.05, 0.1) is 22.9 Å². The van der Waals surface area contributed by atoms with Gasteiger partial charge in [0.1, 0.15) is 12.6 Å². The summed E-state index contributed by atoms with van der Waals surface area (Å²) in [6, 6.07) is 9.07. The van der Waals surface area contributed by atoms with E-state index in [0.717, 1.165) is 17.0 Å². The van der Waals surface area contributed by atoms with Gasteiger partial charge in [0.15, 0.2) is 5.76 Å². The molecule has 0 aromatic heterocycles. The Morgan fingerprint density at radius 1 is 1.31 bits per heavy atom. The van der Waals surface area contributed by atoms with Crippen LogP contribution >= 0.6 is 11.8 Å². The summed E-state index contributed by atoms with van der Waals surface area (Å²) < 4.78 is 50.6. The number of rotatable bonds is 6. The van der Waals surface area contributed by atoms with Crippen LogP contribution < -0.4 is 10.2 Å². The highest BCUT2D eigenvalue weighted by atomic mass is 32.2. The molecular weight excluding hydrogens is 483 g/mol. The summed E-state index contributed by atoms with van der Waals surface area (Å²) in [5.41, 5.74) is -0.0697. The molecule has 0 radical (unpaired) electrons. The van der Waals surface area contributed by atoms with Crippen molar-refractivity contribution in [2.45, 2.75) is 24.0 Å². The minimum Gasteiger partial charge on any atom is -0.430 e.